The standard InChI is InChI=1S/C25H28FN5O/c1-27-14-17-5-6-23(28-15-17)30-11-8-20(9-12-30)31-10-7-19(16-31)22-13-18-3-2-4-21(26)24(18)25(32)29-22/h2-6,13-15,19-20H,7-12,16H2,1H3,(H,29,32). The number of piperidine rings is 1. The first-order chi connectivity index (χ1) is 15.6. The molecule has 0 amide bonds. The van der Waals surface area contributed by atoms with Gasteiger partial charge in [-0.2, -0.15) is 0 Å². The van der Waals surface area contributed by atoms with Crippen LogP contribution in [0.5, 0.6) is 0 Å². The van der Waals surface area contributed by atoms with Crippen LogP contribution in [0.25, 0.3) is 10.8 Å². The van der Waals surface area contributed by atoms with Gasteiger partial charge in [-0.25, -0.2) is 9.37 Å². The third kappa shape index (κ3) is 4.05. The predicted molar refractivity (Wildman–Crippen MR) is 126 cm³/mol. The van der Waals surface area contributed by atoms with Gasteiger partial charge in [-0.05, 0) is 55.5 Å². The molecule has 1 aromatic carbocycles. The fourth-order valence-corrected chi connectivity index (χ4v) is 5.16. The Labute approximate surface area is 186 Å². The average Bonchev–Trinajstić information content (AvgIpc) is 3.30. The second-order valence-electron chi connectivity index (χ2n) is 8.79. The third-order valence-corrected chi connectivity index (χ3v) is 6.86. The summed E-state index contributed by atoms with van der Waals surface area (Å²) in [5.74, 6) is 0.845. The van der Waals surface area contributed by atoms with Crippen LogP contribution in [0, 0.1) is 5.82 Å². The van der Waals surface area contributed by atoms with Gasteiger partial charge in [0.1, 0.15) is 11.6 Å². The molecule has 4 heterocycles. The zero-order valence-electron chi connectivity index (χ0n) is 18.3. The van der Waals surface area contributed by atoms with Crippen LogP contribution >= 0.6 is 0 Å². The molecule has 1 unspecified atom stereocenters. The minimum absolute atomic E-state index is 0.155. The van der Waals surface area contributed by atoms with E-state index in [4.69, 9.17) is 0 Å². The van der Waals surface area contributed by atoms with E-state index >= 15 is 0 Å². The number of aliphatic imine (C=N–C) groups is 1. The highest BCUT2D eigenvalue weighted by atomic mass is 19.1. The summed E-state index contributed by atoms with van der Waals surface area (Å²) in [6.45, 7) is 3.95. The van der Waals surface area contributed by atoms with E-state index in [1.165, 1.54) is 6.07 Å². The maximum Gasteiger partial charge on any atom is 0.259 e. The van der Waals surface area contributed by atoms with E-state index < -0.39 is 5.82 Å². The number of H-pyrrole nitrogens is 1. The van der Waals surface area contributed by atoms with Crippen LogP contribution in [0.1, 0.15) is 36.4 Å². The van der Waals surface area contributed by atoms with Crippen molar-refractivity contribution < 1.29 is 4.39 Å². The number of rotatable bonds is 4. The lowest BCUT2D eigenvalue weighted by Gasteiger charge is -2.37. The number of nitrogens with one attached hydrogen (secondary N) is 1. The number of aromatic amines is 1. The average molecular weight is 434 g/mol. The summed E-state index contributed by atoms with van der Waals surface area (Å²) in [7, 11) is 1.76. The molecule has 166 valence electrons. The van der Waals surface area contributed by atoms with E-state index in [-0.39, 0.29) is 16.9 Å². The van der Waals surface area contributed by atoms with E-state index in [9.17, 15) is 9.18 Å². The van der Waals surface area contributed by atoms with Crippen LogP contribution in [0.2, 0.25) is 0 Å². The van der Waals surface area contributed by atoms with Crippen molar-refractivity contribution >= 4 is 22.8 Å². The molecule has 0 bridgehead atoms. The number of pyridine rings is 2. The molecule has 0 radical (unpaired) electrons. The molecule has 2 aliphatic rings. The number of hydrogen-bond donors (Lipinski definition) is 1. The topological polar surface area (TPSA) is 64.6 Å². The smallest absolute Gasteiger partial charge is 0.259 e. The molecular weight excluding hydrogens is 405 g/mol. The van der Waals surface area contributed by atoms with E-state index in [0.717, 1.165) is 62.5 Å². The Hall–Kier alpha value is -3.06. The summed E-state index contributed by atoms with van der Waals surface area (Å²) in [5.41, 5.74) is 1.61. The van der Waals surface area contributed by atoms with Gasteiger partial charge in [0, 0.05) is 62.3 Å². The molecule has 3 aromatic rings. The van der Waals surface area contributed by atoms with Crippen molar-refractivity contribution in [2.75, 3.05) is 38.1 Å². The van der Waals surface area contributed by atoms with Gasteiger partial charge in [-0.1, -0.05) is 12.1 Å². The summed E-state index contributed by atoms with van der Waals surface area (Å²) in [6, 6.07) is 11.4. The lowest BCUT2D eigenvalue weighted by Crippen LogP contribution is -2.44. The summed E-state index contributed by atoms with van der Waals surface area (Å²) in [6.07, 6.45) is 6.90. The molecule has 5 rings (SSSR count). The lowest BCUT2D eigenvalue weighted by atomic mass is 10.0. The fraction of sp³-hybridized carbons (Fsp3) is 0.400. The van der Waals surface area contributed by atoms with E-state index in [1.807, 2.05) is 24.5 Å². The molecule has 1 N–H and O–H groups in total. The second-order valence-corrected chi connectivity index (χ2v) is 8.79. The number of fused-ring (bicyclic) bond motifs is 1. The highest BCUT2D eigenvalue weighted by molar-refractivity contribution is 5.82. The Morgan fingerprint density at radius 2 is 2.00 bits per heavy atom. The number of nitrogens with zero attached hydrogens (tertiary/aromatic N) is 4. The number of aromatic nitrogens is 2. The van der Waals surface area contributed by atoms with E-state index in [0.29, 0.717) is 11.4 Å². The van der Waals surface area contributed by atoms with Gasteiger partial charge in [0.05, 0.1) is 5.39 Å². The van der Waals surface area contributed by atoms with Crippen LogP contribution in [-0.4, -0.2) is 60.4 Å². The summed E-state index contributed by atoms with van der Waals surface area (Å²) in [4.78, 5) is 29.0. The second kappa shape index (κ2) is 8.82. The van der Waals surface area contributed by atoms with Gasteiger partial charge < -0.3 is 9.88 Å². The van der Waals surface area contributed by atoms with Gasteiger partial charge in [-0.15, -0.1) is 0 Å². The molecule has 1 atom stereocenters. The molecular formula is C25H28FN5O. The molecule has 0 saturated carbocycles. The molecule has 2 aliphatic heterocycles. The van der Waals surface area contributed by atoms with Crippen molar-refractivity contribution in [1.29, 1.82) is 0 Å². The Morgan fingerprint density at radius 3 is 2.75 bits per heavy atom. The zero-order valence-corrected chi connectivity index (χ0v) is 18.3. The maximum absolute atomic E-state index is 14.0. The van der Waals surface area contributed by atoms with Gasteiger partial charge in [0.25, 0.3) is 5.56 Å². The third-order valence-electron chi connectivity index (χ3n) is 6.86. The Bertz CT molecular complexity index is 1180. The van der Waals surface area contributed by atoms with Crippen LogP contribution in [0.4, 0.5) is 10.2 Å². The van der Waals surface area contributed by atoms with Crippen LogP contribution in [0.3, 0.4) is 0 Å². The first kappa shape index (κ1) is 20.8. The van der Waals surface area contributed by atoms with Crippen LogP contribution in [0.15, 0.2) is 52.4 Å². The summed E-state index contributed by atoms with van der Waals surface area (Å²) in [5, 5.41) is 0.835. The largest absolute Gasteiger partial charge is 0.357 e. The Balaban J connectivity index is 1.22. The highest BCUT2D eigenvalue weighted by Crippen LogP contribution is 2.31. The number of halogens is 1. The van der Waals surface area contributed by atoms with Gasteiger partial charge >= 0.3 is 0 Å². The molecule has 2 fully saturated rings. The van der Waals surface area contributed by atoms with Crippen LogP contribution < -0.4 is 10.5 Å². The lowest BCUT2D eigenvalue weighted by molar-refractivity contribution is 0.205. The Kier molecular flexibility index (Phi) is 5.74. The molecule has 0 aliphatic carbocycles. The van der Waals surface area contributed by atoms with Crippen molar-refractivity contribution in [3.05, 3.63) is 70.0 Å². The normalized spacial score (nSPS) is 20.6. The number of hydrogen-bond acceptors (Lipinski definition) is 5. The predicted octanol–water partition coefficient (Wildman–Crippen LogP) is 3.57. The minimum Gasteiger partial charge on any atom is -0.357 e. The molecule has 0 spiro atoms. The zero-order chi connectivity index (χ0) is 22.1. The quantitative estimate of drug-likeness (QED) is 0.639. The van der Waals surface area contributed by atoms with E-state index in [2.05, 4.69) is 36.9 Å². The number of benzene rings is 1. The monoisotopic (exact) mass is 433 g/mol. The number of likely N-dealkylation sites (tertiary alicyclic amines) is 1. The van der Waals surface area contributed by atoms with Gasteiger partial charge in [0.15, 0.2) is 0 Å². The molecule has 32 heavy (non-hydrogen) atoms. The molecule has 2 saturated heterocycles. The van der Waals surface area contributed by atoms with Crippen molar-refractivity contribution in [2.24, 2.45) is 4.99 Å². The van der Waals surface area contributed by atoms with E-state index in [1.54, 1.807) is 13.1 Å². The maximum atomic E-state index is 14.0. The van der Waals surface area contributed by atoms with Crippen molar-refractivity contribution in [3.8, 4) is 0 Å². The van der Waals surface area contributed by atoms with Gasteiger partial charge in [-0.3, -0.25) is 14.7 Å². The Morgan fingerprint density at radius 1 is 1.16 bits per heavy atom. The van der Waals surface area contributed by atoms with Crippen molar-refractivity contribution in [1.82, 2.24) is 14.9 Å². The fourth-order valence-electron chi connectivity index (χ4n) is 5.16. The summed E-state index contributed by atoms with van der Waals surface area (Å²) >= 11 is 0. The first-order valence-electron chi connectivity index (χ1n) is 11.3. The SMILES string of the molecule is CN=Cc1ccc(N2CCC(N3CCC(c4cc5cccc(F)c5c(=O)[nH]4)C3)CC2)nc1. The molecule has 7 heteroatoms. The van der Waals surface area contributed by atoms with Crippen molar-refractivity contribution in [2.45, 2.75) is 31.2 Å². The van der Waals surface area contributed by atoms with Gasteiger partial charge in [0.2, 0.25) is 0 Å². The minimum atomic E-state index is -0.460. The van der Waals surface area contributed by atoms with Crippen LogP contribution in [-0.2, 0) is 0 Å². The number of anilines is 1. The summed E-state index contributed by atoms with van der Waals surface area (Å²) < 4.78 is 14.0. The first-order valence-corrected chi connectivity index (χ1v) is 11.3. The van der Waals surface area contributed by atoms with Crippen molar-refractivity contribution in [3.63, 3.8) is 0 Å². The highest BCUT2D eigenvalue weighted by Gasteiger charge is 2.32. The molecule has 2 aromatic heterocycles. The molecule has 6 nitrogen and oxygen atoms in total.